The van der Waals surface area contributed by atoms with Crippen LogP contribution in [0.4, 0.5) is 0 Å². The Morgan fingerprint density at radius 2 is 1.81 bits per heavy atom. The summed E-state index contributed by atoms with van der Waals surface area (Å²) in [5.74, 6) is 0.440. The maximum absolute atomic E-state index is 12.6. The van der Waals surface area contributed by atoms with E-state index >= 15 is 0 Å². The molecule has 0 aliphatic heterocycles. The van der Waals surface area contributed by atoms with E-state index in [9.17, 15) is 9.59 Å². The first kappa shape index (κ1) is 17.7. The van der Waals surface area contributed by atoms with Gasteiger partial charge >= 0.3 is 0 Å². The van der Waals surface area contributed by atoms with Gasteiger partial charge in [0.2, 0.25) is 5.78 Å². The second-order valence-corrected chi connectivity index (χ2v) is 6.26. The van der Waals surface area contributed by atoms with Crippen LogP contribution in [0.25, 0.3) is 0 Å². The van der Waals surface area contributed by atoms with E-state index in [1.165, 1.54) is 5.56 Å². The molecule has 4 nitrogen and oxygen atoms in total. The molecule has 0 atom stereocenters. The van der Waals surface area contributed by atoms with Gasteiger partial charge in [0.15, 0.2) is 6.61 Å². The van der Waals surface area contributed by atoms with Gasteiger partial charge in [-0.1, -0.05) is 42.5 Å². The van der Waals surface area contributed by atoms with Crippen molar-refractivity contribution >= 4 is 12.1 Å². The van der Waals surface area contributed by atoms with Crippen LogP contribution in [-0.2, 0) is 6.54 Å². The van der Waals surface area contributed by atoms with Crippen LogP contribution >= 0.6 is 0 Å². The van der Waals surface area contributed by atoms with Crippen LogP contribution in [0.3, 0.4) is 0 Å². The molecule has 4 heteroatoms. The van der Waals surface area contributed by atoms with Gasteiger partial charge in [-0.25, -0.2) is 0 Å². The van der Waals surface area contributed by atoms with Gasteiger partial charge in [0.05, 0.1) is 0 Å². The lowest BCUT2D eigenvalue weighted by atomic mass is 10.1. The van der Waals surface area contributed by atoms with Crippen LogP contribution in [-0.4, -0.2) is 23.2 Å². The molecule has 0 aliphatic carbocycles. The van der Waals surface area contributed by atoms with Crippen molar-refractivity contribution in [1.82, 2.24) is 4.57 Å². The zero-order valence-corrected chi connectivity index (χ0v) is 14.9. The molecule has 1 aromatic heterocycles. The third kappa shape index (κ3) is 3.91. The first-order valence-electron chi connectivity index (χ1n) is 8.50. The molecule has 0 N–H and O–H groups in total. The molecule has 0 amide bonds. The smallest absolute Gasteiger partial charge is 0.202 e. The highest BCUT2D eigenvalue weighted by atomic mass is 16.5. The molecular weight excluding hydrogens is 326 g/mol. The number of hydrogen-bond donors (Lipinski definition) is 0. The zero-order valence-electron chi connectivity index (χ0n) is 14.9. The average Bonchev–Trinajstić information content (AvgIpc) is 2.95. The summed E-state index contributed by atoms with van der Waals surface area (Å²) >= 11 is 0. The summed E-state index contributed by atoms with van der Waals surface area (Å²) in [5, 5.41) is 0. The van der Waals surface area contributed by atoms with Crippen LogP contribution in [0.5, 0.6) is 5.75 Å². The number of benzene rings is 2. The van der Waals surface area contributed by atoms with E-state index < -0.39 is 0 Å². The lowest BCUT2D eigenvalue weighted by molar-refractivity contribution is 0.0920. The molecule has 0 radical (unpaired) electrons. The van der Waals surface area contributed by atoms with Gasteiger partial charge in [-0.3, -0.25) is 9.59 Å². The number of rotatable bonds is 7. The summed E-state index contributed by atoms with van der Waals surface area (Å²) in [6.07, 6.45) is 0.756. The summed E-state index contributed by atoms with van der Waals surface area (Å²) in [4.78, 5) is 23.4. The van der Waals surface area contributed by atoms with E-state index in [1.807, 2.05) is 38.1 Å². The Bertz CT molecular complexity index is 926. The van der Waals surface area contributed by atoms with E-state index in [0.717, 1.165) is 24.2 Å². The van der Waals surface area contributed by atoms with Gasteiger partial charge in [-0.2, -0.15) is 0 Å². The van der Waals surface area contributed by atoms with Crippen LogP contribution in [0.2, 0.25) is 0 Å². The molecule has 0 aliphatic rings. The van der Waals surface area contributed by atoms with E-state index in [2.05, 4.69) is 16.7 Å². The Balaban J connectivity index is 1.73. The predicted molar refractivity (Wildman–Crippen MR) is 101 cm³/mol. The topological polar surface area (TPSA) is 48.3 Å². The van der Waals surface area contributed by atoms with Gasteiger partial charge in [0.1, 0.15) is 12.0 Å². The molecule has 26 heavy (non-hydrogen) atoms. The summed E-state index contributed by atoms with van der Waals surface area (Å²) in [6, 6.07) is 18.9. The standard InChI is InChI=1S/C22H21NO3/c1-16-11-21(17(2)23(16)13-18-7-4-3-5-8-18)22(25)15-26-20-10-6-9-19(12-20)14-24/h3-12,14H,13,15H2,1-2H3. The number of ether oxygens (including phenoxy) is 1. The van der Waals surface area contributed by atoms with E-state index in [1.54, 1.807) is 24.3 Å². The minimum atomic E-state index is -0.0751. The Morgan fingerprint density at radius 1 is 1.04 bits per heavy atom. The Hall–Kier alpha value is -3.14. The summed E-state index contributed by atoms with van der Waals surface area (Å²) in [5.41, 5.74) is 4.36. The fraction of sp³-hybridized carbons (Fsp3) is 0.182. The maximum atomic E-state index is 12.6. The monoisotopic (exact) mass is 347 g/mol. The van der Waals surface area contributed by atoms with Crippen molar-refractivity contribution < 1.29 is 14.3 Å². The number of hydrogen-bond acceptors (Lipinski definition) is 3. The molecular formula is C22H21NO3. The fourth-order valence-corrected chi connectivity index (χ4v) is 3.00. The van der Waals surface area contributed by atoms with E-state index in [-0.39, 0.29) is 12.4 Å². The highest BCUT2D eigenvalue weighted by Gasteiger charge is 2.16. The minimum Gasteiger partial charge on any atom is -0.485 e. The summed E-state index contributed by atoms with van der Waals surface area (Å²) < 4.78 is 7.70. The van der Waals surface area contributed by atoms with E-state index in [4.69, 9.17) is 4.74 Å². The van der Waals surface area contributed by atoms with Crippen molar-refractivity contribution in [3.05, 3.63) is 88.7 Å². The molecule has 132 valence electrons. The number of carbonyl (C=O) groups is 2. The third-order valence-electron chi connectivity index (χ3n) is 4.42. The van der Waals surface area contributed by atoms with Crippen LogP contribution < -0.4 is 4.74 Å². The molecule has 0 fully saturated rings. The largest absolute Gasteiger partial charge is 0.485 e. The van der Waals surface area contributed by atoms with Crippen molar-refractivity contribution in [3.63, 3.8) is 0 Å². The van der Waals surface area contributed by atoms with Crippen LogP contribution in [0.1, 0.15) is 37.7 Å². The molecule has 0 saturated heterocycles. The SMILES string of the molecule is Cc1cc(C(=O)COc2cccc(C=O)c2)c(C)n1Cc1ccccc1. The zero-order chi connectivity index (χ0) is 18.5. The lowest BCUT2D eigenvalue weighted by Crippen LogP contribution is -2.13. The van der Waals surface area contributed by atoms with Crippen LogP contribution in [0, 0.1) is 13.8 Å². The summed E-state index contributed by atoms with van der Waals surface area (Å²) in [7, 11) is 0. The fourth-order valence-electron chi connectivity index (χ4n) is 3.00. The molecule has 0 unspecified atom stereocenters. The quantitative estimate of drug-likeness (QED) is 0.475. The number of carbonyl (C=O) groups excluding carboxylic acids is 2. The van der Waals surface area contributed by atoms with Crippen molar-refractivity contribution in [2.75, 3.05) is 6.61 Å². The third-order valence-corrected chi connectivity index (χ3v) is 4.42. The predicted octanol–water partition coefficient (Wildman–Crippen LogP) is 4.23. The highest BCUT2D eigenvalue weighted by molar-refractivity contribution is 5.98. The second kappa shape index (κ2) is 7.83. The molecule has 1 heterocycles. The van der Waals surface area contributed by atoms with Gasteiger partial charge in [0, 0.05) is 29.1 Å². The number of aromatic nitrogens is 1. The molecule has 0 spiro atoms. The van der Waals surface area contributed by atoms with Crippen molar-refractivity contribution in [2.45, 2.75) is 20.4 Å². The number of Topliss-reactive ketones (excluding diaryl/α,β-unsaturated/α-hetero) is 1. The lowest BCUT2D eigenvalue weighted by Gasteiger charge is -2.10. The molecule has 2 aromatic carbocycles. The number of aldehydes is 1. The first-order valence-corrected chi connectivity index (χ1v) is 8.50. The maximum Gasteiger partial charge on any atom is 0.202 e. The molecule has 3 aromatic rings. The minimum absolute atomic E-state index is 0.0576. The number of nitrogens with zero attached hydrogens (tertiary/aromatic N) is 1. The average molecular weight is 347 g/mol. The van der Waals surface area contributed by atoms with Crippen molar-refractivity contribution in [1.29, 1.82) is 0 Å². The van der Waals surface area contributed by atoms with Crippen molar-refractivity contribution in [2.24, 2.45) is 0 Å². The van der Waals surface area contributed by atoms with Gasteiger partial charge in [-0.15, -0.1) is 0 Å². The van der Waals surface area contributed by atoms with Crippen LogP contribution in [0.15, 0.2) is 60.7 Å². The van der Waals surface area contributed by atoms with E-state index in [0.29, 0.717) is 16.9 Å². The Labute approximate surface area is 153 Å². The summed E-state index contributed by atoms with van der Waals surface area (Å²) in [6.45, 7) is 4.63. The normalized spacial score (nSPS) is 10.5. The van der Waals surface area contributed by atoms with Gasteiger partial charge in [0.25, 0.3) is 0 Å². The number of aryl methyl sites for hydroxylation is 1. The molecule has 0 saturated carbocycles. The molecule has 3 rings (SSSR count). The second-order valence-electron chi connectivity index (χ2n) is 6.26. The number of ketones is 1. The Kier molecular flexibility index (Phi) is 5.32. The molecule has 0 bridgehead atoms. The van der Waals surface area contributed by atoms with Crippen molar-refractivity contribution in [3.8, 4) is 5.75 Å². The van der Waals surface area contributed by atoms with Gasteiger partial charge in [-0.05, 0) is 37.6 Å². The first-order chi connectivity index (χ1) is 12.6. The highest BCUT2D eigenvalue weighted by Crippen LogP contribution is 2.19. The van der Waals surface area contributed by atoms with Gasteiger partial charge < -0.3 is 9.30 Å². The Morgan fingerprint density at radius 3 is 2.54 bits per heavy atom.